The molecule has 1 amide bonds. The number of rotatable bonds is 4. The number of halogens is 2. The van der Waals surface area contributed by atoms with Crippen molar-refractivity contribution in [3.05, 3.63) is 62.0 Å². The smallest absolute Gasteiger partial charge is 0.276 e. The highest BCUT2D eigenvalue weighted by Gasteiger charge is 2.11. The maximum Gasteiger partial charge on any atom is 0.291 e. The van der Waals surface area contributed by atoms with E-state index in [1.165, 1.54) is 0 Å². The Morgan fingerprint density at radius 1 is 1.26 bits per heavy atom. The number of carbonyl (C=O) groups excluding carboxylic acids is 1. The average molecular weight is 454 g/mol. The van der Waals surface area contributed by atoms with Crippen molar-refractivity contribution in [1.29, 1.82) is 0 Å². The van der Waals surface area contributed by atoms with Gasteiger partial charge in [0, 0.05) is 4.47 Å². The molecule has 0 aliphatic carbocycles. The molecule has 0 atom stereocenters. The van der Waals surface area contributed by atoms with E-state index in [0.717, 1.165) is 24.4 Å². The predicted octanol–water partition coefficient (Wildman–Crippen LogP) is 4.43. The zero-order valence-electron chi connectivity index (χ0n) is 11.6. The number of H-pyrrole nitrogens is 1. The summed E-state index contributed by atoms with van der Waals surface area (Å²) in [5.41, 5.74) is 4.43. The average Bonchev–Trinajstić information content (AvgIpc) is 3.16. The normalized spacial score (nSPS) is 11.0. The highest BCUT2D eigenvalue weighted by Crippen LogP contribution is 2.30. The van der Waals surface area contributed by atoms with Gasteiger partial charge in [-0.05, 0) is 51.8 Å². The standard InChI is InChI=1S/C15H10Br2N4OS/c16-10-3-1-2-9(6-10)8-18-21-15(22)12-7-11(19-20-12)13-4-5-14(17)23-13/h1-8H,(H,19,20)(H,21,22)/b18-8-. The summed E-state index contributed by atoms with van der Waals surface area (Å²) in [6.45, 7) is 0. The second-order valence-electron chi connectivity index (χ2n) is 4.52. The first-order valence-corrected chi connectivity index (χ1v) is 8.92. The van der Waals surface area contributed by atoms with Crippen LogP contribution in [0.25, 0.3) is 10.6 Å². The molecule has 0 fully saturated rings. The van der Waals surface area contributed by atoms with Gasteiger partial charge < -0.3 is 0 Å². The molecular weight excluding hydrogens is 444 g/mol. The van der Waals surface area contributed by atoms with Crippen LogP contribution < -0.4 is 5.43 Å². The lowest BCUT2D eigenvalue weighted by molar-refractivity contribution is 0.0950. The molecule has 0 radical (unpaired) electrons. The van der Waals surface area contributed by atoms with Crippen LogP contribution in [-0.2, 0) is 0 Å². The van der Waals surface area contributed by atoms with Gasteiger partial charge in [0.2, 0.25) is 0 Å². The molecule has 2 N–H and O–H groups in total. The molecule has 0 aliphatic rings. The molecule has 1 aromatic carbocycles. The number of carbonyl (C=O) groups is 1. The second-order valence-corrected chi connectivity index (χ2v) is 7.90. The van der Waals surface area contributed by atoms with Gasteiger partial charge in [-0.1, -0.05) is 28.1 Å². The number of aromatic amines is 1. The molecule has 2 aromatic heterocycles. The zero-order chi connectivity index (χ0) is 16.2. The van der Waals surface area contributed by atoms with Gasteiger partial charge in [-0.3, -0.25) is 9.89 Å². The topological polar surface area (TPSA) is 70.1 Å². The van der Waals surface area contributed by atoms with E-state index in [1.807, 2.05) is 36.4 Å². The van der Waals surface area contributed by atoms with Crippen LogP contribution in [0.3, 0.4) is 0 Å². The summed E-state index contributed by atoms with van der Waals surface area (Å²) < 4.78 is 1.97. The predicted molar refractivity (Wildman–Crippen MR) is 98.8 cm³/mol. The Bertz CT molecular complexity index is 872. The Morgan fingerprint density at radius 2 is 2.13 bits per heavy atom. The van der Waals surface area contributed by atoms with Crippen LogP contribution in [0.1, 0.15) is 16.1 Å². The van der Waals surface area contributed by atoms with E-state index >= 15 is 0 Å². The number of benzene rings is 1. The summed E-state index contributed by atoms with van der Waals surface area (Å²) in [7, 11) is 0. The van der Waals surface area contributed by atoms with Crippen molar-refractivity contribution in [2.45, 2.75) is 0 Å². The molecule has 0 bridgehead atoms. The van der Waals surface area contributed by atoms with Gasteiger partial charge >= 0.3 is 0 Å². The molecule has 2 heterocycles. The summed E-state index contributed by atoms with van der Waals surface area (Å²) >= 11 is 8.35. The van der Waals surface area contributed by atoms with Crippen LogP contribution in [-0.4, -0.2) is 22.3 Å². The van der Waals surface area contributed by atoms with Crippen molar-refractivity contribution in [3.8, 4) is 10.6 Å². The molecule has 3 rings (SSSR count). The summed E-state index contributed by atoms with van der Waals surface area (Å²) in [4.78, 5) is 13.0. The Morgan fingerprint density at radius 3 is 2.87 bits per heavy atom. The van der Waals surface area contributed by atoms with Crippen LogP contribution in [0.4, 0.5) is 0 Å². The van der Waals surface area contributed by atoms with Gasteiger partial charge in [0.25, 0.3) is 5.91 Å². The van der Waals surface area contributed by atoms with Gasteiger partial charge in [-0.15, -0.1) is 11.3 Å². The molecule has 0 aliphatic heterocycles. The summed E-state index contributed by atoms with van der Waals surface area (Å²) in [6, 6.07) is 13.2. The first kappa shape index (κ1) is 16.1. The molecule has 8 heteroatoms. The van der Waals surface area contributed by atoms with Crippen molar-refractivity contribution < 1.29 is 4.79 Å². The quantitative estimate of drug-likeness (QED) is 0.453. The fourth-order valence-corrected chi connectivity index (χ4v) is 3.60. The van der Waals surface area contributed by atoms with Crippen LogP contribution >= 0.6 is 43.2 Å². The first-order chi connectivity index (χ1) is 11.1. The third-order valence-electron chi connectivity index (χ3n) is 2.88. The van der Waals surface area contributed by atoms with Crippen molar-refractivity contribution in [1.82, 2.24) is 15.6 Å². The molecule has 23 heavy (non-hydrogen) atoms. The highest BCUT2D eigenvalue weighted by molar-refractivity contribution is 9.11. The van der Waals surface area contributed by atoms with Crippen molar-refractivity contribution in [2.75, 3.05) is 0 Å². The van der Waals surface area contributed by atoms with E-state index < -0.39 is 0 Å². The van der Waals surface area contributed by atoms with E-state index in [1.54, 1.807) is 23.6 Å². The van der Waals surface area contributed by atoms with Crippen LogP contribution in [0, 0.1) is 0 Å². The molecule has 0 saturated carbocycles. The van der Waals surface area contributed by atoms with E-state index in [-0.39, 0.29) is 11.6 Å². The lowest BCUT2D eigenvalue weighted by Crippen LogP contribution is -2.17. The number of hydrogen-bond donors (Lipinski definition) is 2. The van der Waals surface area contributed by atoms with Gasteiger partial charge in [0.05, 0.1) is 20.6 Å². The number of aromatic nitrogens is 2. The number of nitrogens with zero attached hydrogens (tertiary/aromatic N) is 2. The van der Waals surface area contributed by atoms with Gasteiger partial charge in [-0.2, -0.15) is 10.2 Å². The van der Waals surface area contributed by atoms with Gasteiger partial charge in [0.1, 0.15) is 0 Å². The Kier molecular flexibility index (Phi) is 5.04. The molecule has 0 unspecified atom stereocenters. The molecule has 3 aromatic rings. The maximum atomic E-state index is 12.0. The SMILES string of the molecule is O=C(N/N=C\c1cccc(Br)c1)c1cc(-c2ccc(Br)s2)[nH]n1. The van der Waals surface area contributed by atoms with E-state index in [9.17, 15) is 4.79 Å². The summed E-state index contributed by atoms with van der Waals surface area (Å²) in [5.74, 6) is -0.366. The highest BCUT2D eigenvalue weighted by atomic mass is 79.9. The van der Waals surface area contributed by atoms with Gasteiger partial charge in [0.15, 0.2) is 5.69 Å². The molecular formula is C15H10Br2N4OS. The zero-order valence-corrected chi connectivity index (χ0v) is 15.6. The van der Waals surface area contributed by atoms with Crippen LogP contribution in [0.15, 0.2) is 55.8 Å². The molecule has 116 valence electrons. The molecule has 0 saturated heterocycles. The summed E-state index contributed by atoms with van der Waals surface area (Å²) in [6.07, 6.45) is 1.58. The lowest BCUT2D eigenvalue weighted by atomic mass is 10.2. The fourth-order valence-electron chi connectivity index (χ4n) is 1.83. The Hall–Kier alpha value is -1.77. The minimum absolute atomic E-state index is 0.288. The van der Waals surface area contributed by atoms with Crippen molar-refractivity contribution in [3.63, 3.8) is 0 Å². The maximum absolute atomic E-state index is 12.0. The van der Waals surface area contributed by atoms with Crippen LogP contribution in [0.5, 0.6) is 0 Å². The fraction of sp³-hybridized carbons (Fsp3) is 0. The first-order valence-electron chi connectivity index (χ1n) is 6.52. The van der Waals surface area contributed by atoms with E-state index in [0.29, 0.717) is 0 Å². The Balaban J connectivity index is 1.66. The summed E-state index contributed by atoms with van der Waals surface area (Å²) in [5, 5.41) is 10.8. The third kappa shape index (κ3) is 4.15. The number of hydrogen-bond acceptors (Lipinski definition) is 4. The molecule has 0 spiro atoms. The second kappa shape index (κ2) is 7.20. The van der Waals surface area contributed by atoms with E-state index in [2.05, 4.69) is 52.6 Å². The van der Waals surface area contributed by atoms with E-state index in [4.69, 9.17) is 0 Å². The minimum Gasteiger partial charge on any atom is -0.276 e. The molecule has 5 nitrogen and oxygen atoms in total. The largest absolute Gasteiger partial charge is 0.291 e. The lowest BCUT2D eigenvalue weighted by Gasteiger charge is -1.96. The van der Waals surface area contributed by atoms with Crippen molar-refractivity contribution >= 4 is 55.3 Å². The Labute approximate surface area is 153 Å². The van der Waals surface area contributed by atoms with Gasteiger partial charge in [-0.25, -0.2) is 5.43 Å². The number of thiophene rings is 1. The number of nitrogens with one attached hydrogen (secondary N) is 2. The van der Waals surface area contributed by atoms with Crippen LogP contribution in [0.2, 0.25) is 0 Å². The minimum atomic E-state index is -0.366. The van der Waals surface area contributed by atoms with Crippen molar-refractivity contribution in [2.24, 2.45) is 5.10 Å². The monoisotopic (exact) mass is 452 g/mol. The number of hydrazone groups is 1. The number of amides is 1. The third-order valence-corrected chi connectivity index (χ3v) is 5.03.